The first-order valence-corrected chi connectivity index (χ1v) is 8.22. The van der Waals surface area contributed by atoms with E-state index in [-0.39, 0.29) is 18.4 Å². The van der Waals surface area contributed by atoms with Crippen LogP contribution in [0.1, 0.15) is 36.3 Å². The highest BCUT2D eigenvalue weighted by Gasteiger charge is 2.68. The number of carbonyl (C=O) groups excluding carboxylic acids is 2. The summed E-state index contributed by atoms with van der Waals surface area (Å²) in [5.41, 5.74) is 0.822. The molecule has 3 atom stereocenters. The van der Waals surface area contributed by atoms with E-state index >= 15 is 0 Å². The molecule has 1 fully saturated rings. The minimum absolute atomic E-state index is 0.101. The Kier molecular flexibility index (Phi) is 3.41. The maximum atomic E-state index is 12.7. The smallest absolute Gasteiger partial charge is 0.329 e. The zero-order valence-electron chi connectivity index (χ0n) is 13.4. The lowest BCUT2D eigenvalue weighted by molar-refractivity contribution is -0.180. The van der Waals surface area contributed by atoms with Crippen LogP contribution >= 0.6 is 0 Å². The van der Waals surface area contributed by atoms with Crippen molar-refractivity contribution in [3.63, 3.8) is 0 Å². The first-order chi connectivity index (χ1) is 11.7. The zero-order valence-corrected chi connectivity index (χ0v) is 13.4. The van der Waals surface area contributed by atoms with Crippen LogP contribution in [0.3, 0.4) is 0 Å². The fourth-order valence-electron chi connectivity index (χ4n) is 4.05. The molecule has 1 aliphatic carbocycles. The van der Waals surface area contributed by atoms with Crippen molar-refractivity contribution in [2.75, 3.05) is 6.61 Å². The number of fused-ring (bicyclic) bond motifs is 3. The number of para-hydroxylation sites is 1. The van der Waals surface area contributed by atoms with Crippen molar-refractivity contribution >= 4 is 11.9 Å². The van der Waals surface area contributed by atoms with Gasteiger partial charge in [-0.2, -0.15) is 0 Å². The van der Waals surface area contributed by atoms with E-state index in [4.69, 9.17) is 9.47 Å². The van der Waals surface area contributed by atoms with Crippen molar-refractivity contribution in [1.82, 2.24) is 0 Å². The van der Waals surface area contributed by atoms with Crippen LogP contribution < -0.4 is 4.74 Å². The van der Waals surface area contributed by atoms with Gasteiger partial charge < -0.3 is 9.47 Å². The summed E-state index contributed by atoms with van der Waals surface area (Å²) in [5, 5.41) is 0. The van der Waals surface area contributed by atoms with Gasteiger partial charge in [-0.15, -0.1) is 0 Å². The van der Waals surface area contributed by atoms with Crippen molar-refractivity contribution in [3.05, 3.63) is 65.7 Å². The molecule has 2 aromatic carbocycles. The van der Waals surface area contributed by atoms with Gasteiger partial charge in [0.1, 0.15) is 5.75 Å². The van der Waals surface area contributed by atoms with E-state index in [0.717, 1.165) is 11.1 Å². The number of rotatable bonds is 3. The van der Waals surface area contributed by atoms with Crippen LogP contribution in [0.4, 0.5) is 0 Å². The Morgan fingerprint density at radius 1 is 1.17 bits per heavy atom. The summed E-state index contributed by atoms with van der Waals surface area (Å²) >= 11 is 0. The number of carbonyl (C=O) groups is 2. The van der Waals surface area contributed by atoms with E-state index in [1.807, 2.05) is 48.5 Å². The lowest BCUT2D eigenvalue weighted by Gasteiger charge is -2.53. The van der Waals surface area contributed by atoms with Gasteiger partial charge in [0.2, 0.25) is 0 Å². The van der Waals surface area contributed by atoms with Crippen LogP contribution in [0.25, 0.3) is 0 Å². The maximum Gasteiger partial charge on any atom is 0.329 e. The second kappa shape index (κ2) is 5.48. The van der Waals surface area contributed by atoms with Crippen LogP contribution in [0.5, 0.6) is 5.75 Å². The molecule has 1 heterocycles. The van der Waals surface area contributed by atoms with E-state index in [1.165, 1.54) is 0 Å². The Morgan fingerprint density at radius 3 is 2.62 bits per heavy atom. The summed E-state index contributed by atoms with van der Waals surface area (Å²) in [5.74, 6) is -0.549. The van der Waals surface area contributed by atoms with Gasteiger partial charge in [0.05, 0.1) is 6.61 Å². The third-order valence-corrected chi connectivity index (χ3v) is 5.16. The average molecular weight is 322 g/mol. The van der Waals surface area contributed by atoms with E-state index < -0.39 is 17.4 Å². The minimum atomic E-state index is -1.22. The van der Waals surface area contributed by atoms with Crippen molar-refractivity contribution in [2.45, 2.75) is 25.2 Å². The highest BCUT2D eigenvalue weighted by molar-refractivity contribution is 6.05. The first-order valence-electron chi connectivity index (χ1n) is 8.22. The Morgan fingerprint density at radius 2 is 1.88 bits per heavy atom. The summed E-state index contributed by atoms with van der Waals surface area (Å²) in [7, 11) is 0. The Labute approximate surface area is 140 Å². The molecule has 0 radical (unpaired) electrons. The van der Waals surface area contributed by atoms with Gasteiger partial charge in [0.15, 0.2) is 5.41 Å². The number of esters is 2. The van der Waals surface area contributed by atoms with Crippen LogP contribution in [-0.2, 0) is 14.3 Å². The predicted molar refractivity (Wildman–Crippen MR) is 87.7 cm³/mol. The lowest BCUT2D eigenvalue weighted by atomic mass is 9.49. The normalized spacial score (nSPS) is 27.3. The predicted octanol–water partition coefficient (Wildman–Crippen LogP) is 3.43. The van der Waals surface area contributed by atoms with Crippen molar-refractivity contribution in [1.29, 1.82) is 0 Å². The zero-order chi connectivity index (χ0) is 16.7. The molecule has 0 aromatic heterocycles. The summed E-state index contributed by atoms with van der Waals surface area (Å²) in [6, 6.07) is 17.5. The second-order valence-electron chi connectivity index (χ2n) is 6.32. The largest absolute Gasteiger partial charge is 0.465 e. The fourth-order valence-corrected chi connectivity index (χ4v) is 4.05. The molecule has 122 valence electrons. The van der Waals surface area contributed by atoms with E-state index in [1.54, 1.807) is 13.0 Å². The van der Waals surface area contributed by atoms with Crippen LogP contribution in [0.2, 0.25) is 0 Å². The van der Waals surface area contributed by atoms with Gasteiger partial charge in [0.25, 0.3) is 0 Å². The molecule has 0 saturated heterocycles. The molecule has 4 heteroatoms. The maximum absolute atomic E-state index is 12.7. The van der Waals surface area contributed by atoms with Crippen molar-refractivity contribution < 1.29 is 19.1 Å². The summed E-state index contributed by atoms with van der Waals surface area (Å²) in [4.78, 5) is 25.4. The van der Waals surface area contributed by atoms with Gasteiger partial charge >= 0.3 is 11.9 Å². The van der Waals surface area contributed by atoms with Gasteiger partial charge in [-0.25, -0.2) is 0 Å². The topological polar surface area (TPSA) is 52.6 Å². The van der Waals surface area contributed by atoms with Gasteiger partial charge in [-0.3, -0.25) is 9.59 Å². The third kappa shape index (κ3) is 1.92. The molecule has 24 heavy (non-hydrogen) atoms. The summed E-state index contributed by atoms with van der Waals surface area (Å²) < 4.78 is 10.7. The highest BCUT2D eigenvalue weighted by atomic mass is 16.6. The van der Waals surface area contributed by atoms with Gasteiger partial charge in [0, 0.05) is 11.5 Å². The summed E-state index contributed by atoms with van der Waals surface area (Å²) in [6.45, 7) is 2.00. The molecule has 1 unspecified atom stereocenters. The Bertz CT molecular complexity index is 798. The molecule has 0 N–H and O–H groups in total. The highest BCUT2D eigenvalue weighted by Crippen LogP contribution is 2.65. The lowest BCUT2D eigenvalue weighted by Crippen LogP contribution is -2.59. The third-order valence-electron chi connectivity index (χ3n) is 5.16. The molecule has 2 aromatic rings. The molecule has 1 aliphatic heterocycles. The number of ether oxygens (including phenoxy) is 2. The van der Waals surface area contributed by atoms with E-state index in [0.29, 0.717) is 12.2 Å². The van der Waals surface area contributed by atoms with Crippen molar-refractivity contribution in [2.24, 2.45) is 5.41 Å². The standard InChI is InChI=1S/C20H18O4/c1-2-23-18(21)20-12-15(13-8-4-3-5-9-13)17(20)14-10-6-7-11-16(14)24-19(20)22/h3-11,15,17H,2,12H2,1H3/t15?,17-,20+/m1/s1. The van der Waals surface area contributed by atoms with Crippen LogP contribution in [0, 0.1) is 5.41 Å². The minimum Gasteiger partial charge on any atom is -0.465 e. The first kappa shape index (κ1) is 14.9. The SMILES string of the molecule is CCOC(=O)[C@]12CC(c3ccccc3)[C@H]1c1ccccc1OC2=O. The van der Waals surface area contributed by atoms with Crippen LogP contribution in [0.15, 0.2) is 54.6 Å². The average Bonchev–Trinajstić information content (AvgIpc) is 2.56. The number of hydrogen-bond acceptors (Lipinski definition) is 4. The molecule has 1 saturated carbocycles. The fraction of sp³-hybridized carbons (Fsp3) is 0.300. The second-order valence-corrected chi connectivity index (χ2v) is 6.32. The van der Waals surface area contributed by atoms with Crippen LogP contribution in [-0.4, -0.2) is 18.5 Å². The van der Waals surface area contributed by atoms with Gasteiger partial charge in [-0.05, 0) is 30.9 Å². The Balaban J connectivity index is 1.83. The molecule has 0 bridgehead atoms. The molecule has 0 amide bonds. The molecular formula is C20H18O4. The molecule has 2 aliphatic rings. The number of hydrogen-bond donors (Lipinski definition) is 0. The molecule has 0 spiro atoms. The summed E-state index contributed by atoms with van der Waals surface area (Å²) in [6.07, 6.45) is 0.424. The number of benzene rings is 2. The van der Waals surface area contributed by atoms with Gasteiger partial charge in [-0.1, -0.05) is 48.5 Å². The quantitative estimate of drug-likeness (QED) is 0.493. The monoisotopic (exact) mass is 322 g/mol. The molecular weight excluding hydrogens is 304 g/mol. The van der Waals surface area contributed by atoms with E-state index in [9.17, 15) is 9.59 Å². The molecule has 4 nitrogen and oxygen atoms in total. The molecule has 4 rings (SSSR count). The Hall–Kier alpha value is -2.62. The van der Waals surface area contributed by atoms with Crippen molar-refractivity contribution in [3.8, 4) is 5.75 Å². The van der Waals surface area contributed by atoms with E-state index in [2.05, 4.69) is 0 Å².